The number of rotatable bonds is 8. The summed E-state index contributed by atoms with van der Waals surface area (Å²) in [7, 11) is 0. The Morgan fingerprint density at radius 2 is 1.68 bits per heavy atom. The van der Waals surface area contributed by atoms with E-state index in [2.05, 4.69) is 16.4 Å². The van der Waals surface area contributed by atoms with E-state index in [1.807, 2.05) is 12.1 Å². The molecule has 0 N–H and O–H groups in total. The molecule has 2 fully saturated rings. The van der Waals surface area contributed by atoms with Crippen LogP contribution in [0.15, 0.2) is 43.0 Å². The fourth-order valence-electron chi connectivity index (χ4n) is 5.34. The summed E-state index contributed by atoms with van der Waals surface area (Å²) in [6.45, 7) is 11.6. The first-order valence-electron chi connectivity index (χ1n) is 12.6. The molecule has 0 saturated carbocycles. The molecule has 0 bridgehead atoms. The summed E-state index contributed by atoms with van der Waals surface area (Å²) in [6.07, 6.45) is 5.92. The standard InChI is InChI=1S/C29H37F3N2/c1-21(34-14-4-5-15-34)24-10-11-26(28(31)18-24)25-9-8-23(27(30)19-25)7-6-22-12-16-33(17-13-22)20-29(2,3)32/h8-11,18-19,22H,1,4-7,12-17,20H2,2-3H3. The van der Waals surface area contributed by atoms with Crippen molar-refractivity contribution in [3.8, 4) is 11.1 Å². The lowest BCUT2D eigenvalue weighted by atomic mass is 9.89. The van der Waals surface area contributed by atoms with Crippen LogP contribution in [-0.2, 0) is 6.42 Å². The van der Waals surface area contributed by atoms with Crippen molar-refractivity contribution in [3.05, 3.63) is 65.7 Å². The highest BCUT2D eigenvalue weighted by Gasteiger charge is 2.25. The lowest BCUT2D eigenvalue weighted by Crippen LogP contribution is -2.41. The molecule has 2 nitrogen and oxygen atoms in total. The van der Waals surface area contributed by atoms with Gasteiger partial charge in [0, 0.05) is 36.5 Å². The number of nitrogens with zero attached hydrogens (tertiary/aromatic N) is 2. The van der Waals surface area contributed by atoms with E-state index in [0.29, 0.717) is 35.6 Å². The van der Waals surface area contributed by atoms with Gasteiger partial charge in [-0.25, -0.2) is 13.2 Å². The van der Waals surface area contributed by atoms with E-state index < -0.39 is 5.67 Å². The summed E-state index contributed by atoms with van der Waals surface area (Å²) in [6, 6.07) is 10.2. The second-order valence-corrected chi connectivity index (χ2v) is 10.6. The van der Waals surface area contributed by atoms with E-state index in [1.165, 1.54) is 12.1 Å². The van der Waals surface area contributed by atoms with Gasteiger partial charge in [-0.2, -0.15) is 0 Å². The molecule has 2 aliphatic heterocycles. The average Bonchev–Trinajstić information content (AvgIpc) is 3.33. The molecule has 2 aromatic rings. The van der Waals surface area contributed by atoms with E-state index in [9.17, 15) is 13.2 Å². The fraction of sp³-hybridized carbons (Fsp3) is 0.517. The van der Waals surface area contributed by atoms with Crippen LogP contribution in [0.5, 0.6) is 0 Å². The summed E-state index contributed by atoms with van der Waals surface area (Å²) in [5, 5.41) is 0. The topological polar surface area (TPSA) is 6.48 Å². The van der Waals surface area contributed by atoms with Gasteiger partial charge < -0.3 is 9.80 Å². The third-order valence-corrected chi connectivity index (χ3v) is 7.28. The van der Waals surface area contributed by atoms with Crippen molar-refractivity contribution >= 4 is 5.70 Å². The van der Waals surface area contributed by atoms with Gasteiger partial charge in [-0.3, -0.25) is 0 Å². The fourth-order valence-corrected chi connectivity index (χ4v) is 5.34. The maximum Gasteiger partial charge on any atom is 0.131 e. The van der Waals surface area contributed by atoms with Crippen molar-refractivity contribution in [3.63, 3.8) is 0 Å². The summed E-state index contributed by atoms with van der Waals surface area (Å²) in [5.41, 5.74) is 2.10. The third-order valence-electron chi connectivity index (χ3n) is 7.28. The van der Waals surface area contributed by atoms with E-state index in [1.54, 1.807) is 26.0 Å². The minimum absolute atomic E-state index is 0.279. The number of aryl methyl sites for hydroxylation is 1. The lowest BCUT2D eigenvalue weighted by molar-refractivity contribution is 0.0942. The maximum absolute atomic E-state index is 14.9. The van der Waals surface area contributed by atoms with Crippen LogP contribution < -0.4 is 0 Å². The Kier molecular flexibility index (Phi) is 7.71. The van der Waals surface area contributed by atoms with Gasteiger partial charge in [0.15, 0.2) is 0 Å². The maximum atomic E-state index is 14.9. The quantitative estimate of drug-likeness (QED) is 0.406. The van der Waals surface area contributed by atoms with Crippen molar-refractivity contribution < 1.29 is 13.2 Å². The number of benzene rings is 2. The summed E-state index contributed by atoms with van der Waals surface area (Å²) < 4.78 is 43.7. The Bertz CT molecular complexity index is 997. The lowest BCUT2D eigenvalue weighted by Gasteiger charge is -2.34. The molecule has 0 spiro atoms. The number of halogens is 3. The van der Waals surface area contributed by atoms with Crippen LogP contribution in [-0.4, -0.2) is 48.2 Å². The highest BCUT2D eigenvalue weighted by atomic mass is 19.1. The molecule has 0 atom stereocenters. The minimum Gasteiger partial charge on any atom is -0.372 e. The van der Waals surface area contributed by atoms with Gasteiger partial charge in [0.1, 0.15) is 17.3 Å². The van der Waals surface area contributed by atoms with Crippen LogP contribution in [0.25, 0.3) is 16.8 Å². The number of hydrogen-bond acceptors (Lipinski definition) is 2. The molecule has 184 valence electrons. The smallest absolute Gasteiger partial charge is 0.131 e. The molecule has 5 heteroatoms. The molecule has 4 rings (SSSR count). The van der Waals surface area contributed by atoms with Crippen LogP contribution in [0.3, 0.4) is 0 Å². The molecule has 0 aliphatic carbocycles. The first-order valence-corrected chi connectivity index (χ1v) is 12.6. The van der Waals surface area contributed by atoms with Gasteiger partial charge in [0.25, 0.3) is 0 Å². The number of hydrogen-bond donors (Lipinski definition) is 0. The van der Waals surface area contributed by atoms with E-state index >= 15 is 0 Å². The monoisotopic (exact) mass is 470 g/mol. The van der Waals surface area contributed by atoms with E-state index in [0.717, 1.165) is 69.5 Å². The molecular weight excluding hydrogens is 433 g/mol. The third kappa shape index (κ3) is 6.24. The van der Waals surface area contributed by atoms with Crippen molar-refractivity contribution in [2.75, 3.05) is 32.7 Å². The molecule has 2 aliphatic rings. The molecule has 0 unspecified atom stereocenters. The van der Waals surface area contributed by atoms with Crippen LogP contribution in [0.4, 0.5) is 13.2 Å². The predicted octanol–water partition coefficient (Wildman–Crippen LogP) is 7.09. The molecule has 2 saturated heterocycles. The zero-order valence-corrected chi connectivity index (χ0v) is 20.6. The first-order chi connectivity index (χ1) is 16.2. The molecule has 2 heterocycles. The molecule has 0 radical (unpaired) electrons. The zero-order valence-electron chi connectivity index (χ0n) is 20.6. The second-order valence-electron chi connectivity index (χ2n) is 10.6. The average molecular weight is 471 g/mol. The molecule has 2 aromatic carbocycles. The van der Waals surface area contributed by atoms with Crippen molar-refractivity contribution in [2.24, 2.45) is 5.92 Å². The number of alkyl halides is 1. The van der Waals surface area contributed by atoms with E-state index in [4.69, 9.17) is 0 Å². The molecule has 0 amide bonds. The van der Waals surface area contributed by atoms with Crippen molar-refractivity contribution in [2.45, 2.75) is 58.0 Å². The predicted molar refractivity (Wildman–Crippen MR) is 134 cm³/mol. The Labute approximate surface area is 202 Å². The van der Waals surface area contributed by atoms with Crippen molar-refractivity contribution in [1.82, 2.24) is 9.80 Å². The second kappa shape index (κ2) is 10.6. The van der Waals surface area contributed by atoms with Gasteiger partial charge >= 0.3 is 0 Å². The Hall–Kier alpha value is -2.27. The summed E-state index contributed by atoms with van der Waals surface area (Å²) in [5.74, 6) is -0.0981. The number of piperidine rings is 1. The molecular formula is C29H37F3N2. The molecule has 0 aromatic heterocycles. The Morgan fingerprint density at radius 1 is 0.971 bits per heavy atom. The Morgan fingerprint density at radius 3 is 2.29 bits per heavy atom. The van der Waals surface area contributed by atoms with Crippen LogP contribution in [0, 0.1) is 17.6 Å². The molecule has 34 heavy (non-hydrogen) atoms. The first kappa shape index (κ1) is 24.8. The van der Waals surface area contributed by atoms with Crippen LogP contribution in [0.2, 0.25) is 0 Å². The van der Waals surface area contributed by atoms with E-state index in [-0.39, 0.29) is 11.6 Å². The zero-order chi connectivity index (χ0) is 24.3. The van der Waals surface area contributed by atoms with Gasteiger partial charge in [-0.05, 0) is 94.6 Å². The summed E-state index contributed by atoms with van der Waals surface area (Å²) in [4.78, 5) is 4.38. The van der Waals surface area contributed by atoms with Gasteiger partial charge in [-0.15, -0.1) is 0 Å². The summed E-state index contributed by atoms with van der Waals surface area (Å²) >= 11 is 0. The normalized spacial score (nSPS) is 18.0. The number of likely N-dealkylation sites (tertiary alicyclic amines) is 2. The SMILES string of the molecule is C=C(c1ccc(-c2ccc(CCC3CCN(CC(C)(C)F)CC3)c(F)c2)c(F)c1)N1CCCC1. The van der Waals surface area contributed by atoms with Gasteiger partial charge in [0.05, 0.1) is 0 Å². The van der Waals surface area contributed by atoms with Crippen LogP contribution >= 0.6 is 0 Å². The van der Waals surface area contributed by atoms with Crippen molar-refractivity contribution in [1.29, 1.82) is 0 Å². The van der Waals surface area contributed by atoms with Crippen LogP contribution in [0.1, 0.15) is 57.1 Å². The van der Waals surface area contributed by atoms with Gasteiger partial charge in [0.2, 0.25) is 0 Å². The van der Waals surface area contributed by atoms with Gasteiger partial charge in [-0.1, -0.05) is 30.8 Å². The highest BCUT2D eigenvalue weighted by molar-refractivity contribution is 5.70. The highest BCUT2D eigenvalue weighted by Crippen LogP contribution is 2.30. The largest absolute Gasteiger partial charge is 0.372 e. The minimum atomic E-state index is -1.17. The Balaban J connectivity index is 1.35.